The normalized spacial score (nSPS) is 12.8. The van der Waals surface area contributed by atoms with Crippen LogP contribution in [0.1, 0.15) is 25.0 Å². The van der Waals surface area contributed by atoms with Crippen LogP contribution >= 0.6 is 0 Å². The van der Waals surface area contributed by atoms with E-state index >= 15 is 0 Å². The van der Waals surface area contributed by atoms with Gasteiger partial charge in [-0.3, -0.25) is 9.36 Å². The number of para-hydroxylation sites is 3. The lowest BCUT2D eigenvalue weighted by molar-refractivity contribution is 0.660. The molecular weight excluding hydrogens is 887 g/mol. The predicted octanol–water partition coefficient (Wildman–Crippen LogP) is 16.1. The molecule has 0 fully saturated rings. The second kappa shape index (κ2) is 15.8. The van der Waals surface area contributed by atoms with Gasteiger partial charge in [0.2, 0.25) is 0 Å². The minimum absolute atomic E-state index is 0.199. The van der Waals surface area contributed by atoms with Crippen molar-refractivity contribution in [2.24, 2.45) is 0 Å². The minimum atomic E-state index is -0.474. The highest BCUT2D eigenvalue weighted by Crippen LogP contribution is 2.54. The van der Waals surface area contributed by atoms with Crippen molar-refractivity contribution in [1.29, 1.82) is 0 Å². The summed E-state index contributed by atoms with van der Waals surface area (Å²) in [6.45, 7) is 4.62. The van der Waals surface area contributed by atoms with E-state index in [9.17, 15) is 9.59 Å². The molecule has 72 heavy (non-hydrogen) atoms. The van der Waals surface area contributed by atoms with Gasteiger partial charge in [-0.25, -0.2) is 9.36 Å². The fourth-order valence-electron chi connectivity index (χ4n) is 11.3. The molecule has 0 bridgehead atoms. The molecule has 342 valence electrons. The molecule has 7 heteroatoms. The van der Waals surface area contributed by atoms with Crippen LogP contribution in [0.15, 0.2) is 243 Å². The van der Waals surface area contributed by atoms with E-state index in [1.54, 1.807) is 16.7 Å². The number of furan rings is 2. The van der Waals surface area contributed by atoms with Crippen LogP contribution < -0.4 is 16.1 Å². The molecule has 3 heterocycles. The van der Waals surface area contributed by atoms with Crippen molar-refractivity contribution >= 4 is 71.8 Å². The number of rotatable bonds is 7. The smallest absolute Gasteiger partial charge is 0.340 e. The van der Waals surface area contributed by atoms with Crippen molar-refractivity contribution in [2.75, 3.05) is 4.90 Å². The molecule has 0 spiro atoms. The van der Waals surface area contributed by atoms with Crippen LogP contribution in [-0.4, -0.2) is 9.13 Å². The lowest BCUT2D eigenvalue weighted by Gasteiger charge is -2.29. The molecule has 10 aromatic carbocycles. The van der Waals surface area contributed by atoms with Gasteiger partial charge in [0.1, 0.15) is 22.3 Å². The van der Waals surface area contributed by atoms with E-state index in [-0.39, 0.29) is 11.0 Å². The van der Waals surface area contributed by atoms with E-state index in [0.717, 1.165) is 72.0 Å². The first-order chi connectivity index (χ1) is 35.3. The average Bonchev–Trinajstić information content (AvgIpc) is 4.06. The SMILES string of the molecule is CC1(C)c2ccccc2-c2c(N(c3ccc(-c4cccc5c4oc4ccccc45)cc3)c3ccc4c(c3)oc3cc(-n5c(=O)n(-c6cccc(-c7ccccc7)c6)c(=O)c6ccccc65)ccc34)cccc21. The van der Waals surface area contributed by atoms with Crippen molar-refractivity contribution in [1.82, 2.24) is 9.13 Å². The van der Waals surface area contributed by atoms with E-state index in [1.165, 1.54) is 26.8 Å². The summed E-state index contributed by atoms with van der Waals surface area (Å²) in [5.74, 6) is 0. The maximum atomic E-state index is 14.8. The Bertz CT molecular complexity index is 4480. The summed E-state index contributed by atoms with van der Waals surface area (Å²) < 4.78 is 16.2. The Labute approximate surface area is 413 Å². The van der Waals surface area contributed by atoms with Crippen LogP contribution in [0.5, 0.6) is 0 Å². The highest BCUT2D eigenvalue weighted by Gasteiger charge is 2.38. The second-order valence-electron chi connectivity index (χ2n) is 19.2. The van der Waals surface area contributed by atoms with E-state index < -0.39 is 5.69 Å². The van der Waals surface area contributed by atoms with Gasteiger partial charge in [0.15, 0.2) is 0 Å². The number of nitrogens with zero attached hydrogens (tertiary/aromatic N) is 3. The lowest BCUT2D eigenvalue weighted by atomic mass is 9.82. The minimum Gasteiger partial charge on any atom is -0.456 e. The van der Waals surface area contributed by atoms with Crippen LogP contribution in [0, 0.1) is 0 Å². The van der Waals surface area contributed by atoms with E-state index in [1.807, 2.05) is 97.1 Å². The largest absolute Gasteiger partial charge is 0.456 e. The van der Waals surface area contributed by atoms with Gasteiger partial charge in [-0.15, -0.1) is 0 Å². The molecule has 13 aromatic rings. The first-order valence-corrected chi connectivity index (χ1v) is 24.2. The van der Waals surface area contributed by atoms with Gasteiger partial charge in [0.05, 0.1) is 28.0 Å². The van der Waals surface area contributed by atoms with E-state index in [2.05, 4.69) is 134 Å². The van der Waals surface area contributed by atoms with Gasteiger partial charge >= 0.3 is 5.69 Å². The van der Waals surface area contributed by atoms with Gasteiger partial charge in [-0.1, -0.05) is 153 Å². The monoisotopic (exact) mass is 929 g/mol. The number of hydrogen-bond donors (Lipinski definition) is 0. The first kappa shape index (κ1) is 41.5. The Morgan fingerprint density at radius 3 is 1.90 bits per heavy atom. The molecule has 0 atom stereocenters. The number of benzene rings is 10. The summed E-state index contributed by atoms with van der Waals surface area (Å²) in [6, 6.07) is 75.7. The van der Waals surface area contributed by atoms with Crippen molar-refractivity contribution < 1.29 is 8.83 Å². The Morgan fingerprint density at radius 2 is 1.04 bits per heavy atom. The molecule has 0 N–H and O–H groups in total. The van der Waals surface area contributed by atoms with Gasteiger partial charge < -0.3 is 13.7 Å². The fraction of sp³-hybridized carbons (Fsp3) is 0.0462. The first-order valence-electron chi connectivity index (χ1n) is 24.2. The van der Waals surface area contributed by atoms with E-state index in [0.29, 0.717) is 33.4 Å². The average molecular weight is 930 g/mol. The van der Waals surface area contributed by atoms with Crippen LogP contribution in [0.4, 0.5) is 17.1 Å². The number of anilines is 3. The quantitative estimate of drug-likeness (QED) is 0.159. The predicted molar refractivity (Wildman–Crippen MR) is 293 cm³/mol. The van der Waals surface area contributed by atoms with Crippen LogP contribution in [0.25, 0.3) is 99.5 Å². The van der Waals surface area contributed by atoms with Gasteiger partial charge in [0, 0.05) is 61.6 Å². The third-order valence-electron chi connectivity index (χ3n) is 14.8. The zero-order valence-electron chi connectivity index (χ0n) is 39.3. The number of aromatic nitrogens is 2. The summed E-state index contributed by atoms with van der Waals surface area (Å²) in [7, 11) is 0. The van der Waals surface area contributed by atoms with Crippen molar-refractivity contribution in [3.05, 3.63) is 256 Å². The standard InChI is InChI=1S/C65H43N3O4/c1-65(2)54-24-9-6-20-52(54)61-55(65)25-14-27-57(61)66(43-31-29-41(30-32-43)47-22-13-23-51-48-19-8-11-28-58(48)72-62(47)51)45-33-35-49-50-36-34-46(39-60(50)71-59(49)38-45)67-56-26-10-7-21-53(56)63(69)68(64(67)70)44-18-12-17-42(37-44)40-15-4-3-5-16-40/h3-39H,1-2H3. The van der Waals surface area contributed by atoms with Crippen LogP contribution in [0.2, 0.25) is 0 Å². The molecular formula is C65H43N3O4. The van der Waals surface area contributed by atoms with Crippen LogP contribution in [-0.2, 0) is 5.41 Å². The third-order valence-corrected chi connectivity index (χ3v) is 14.8. The summed E-state index contributed by atoms with van der Waals surface area (Å²) in [6.07, 6.45) is 0. The molecule has 0 saturated heterocycles. The Morgan fingerprint density at radius 1 is 0.417 bits per heavy atom. The molecule has 0 aliphatic heterocycles. The molecule has 3 aromatic heterocycles. The number of hydrogen-bond acceptors (Lipinski definition) is 5. The highest BCUT2D eigenvalue weighted by atomic mass is 16.3. The van der Waals surface area contributed by atoms with Crippen molar-refractivity contribution in [3.8, 4) is 44.8 Å². The molecule has 14 rings (SSSR count). The van der Waals surface area contributed by atoms with Gasteiger partial charge in [-0.05, 0) is 106 Å². The summed E-state index contributed by atoms with van der Waals surface area (Å²) >= 11 is 0. The van der Waals surface area contributed by atoms with E-state index in [4.69, 9.17) is 8.83 Å². The maximum absolute atomic E-state index is 14.8. The number of fused-ring (bicyclic) bond motifs is 10. The third kappa shape index (κ3) is 6.23. The van der Waals surface area contributed by atoms with Crippen molar-refractivity contribution in [3.63, 3.8) is 0 Å². The van der Waals surface area contributed by atoms with Crippen LogP contribution in [0.3, 0.4) is 0 Å². The Kier molecular flexibility index (Phi) is 9.10. The zero-order valence-corrected chi connectivity index (χ0v) is 39.3. The lowest BCUT2D eigenvalue weighted by Crippen LogP contribution is -2.38. The topological polar surface area (TPSA) is 73.5 Å². The molecule has 0 unspecified atom stereocenters. The van der Waals surface area contributed by atoms with Gasteiger partial charge in [0.25, 0.3) is 5.56 Å². The molecule has 1 aliphatic carbocycles. The molecule has 0 saturated carbocycles. The molecule has 0 radical (unpaired) electrons. The molecule has 7 nitrogen and oxygen atoms in total. The maximum Gasteiger partial charge on any atom is 0.340 e. The Balaban J connectivity index is 0.918. The fourth-order valence-corrected chi connectivity index (χ4v) is 11.3. The summed E-state index contributed by atoms with van der Waals surface area (Å²) in [4.78, 5) is 31.4. The van der Waals surface area contributed by atoms with Gasteiger partial charge in [-0.2, -0.15) is 0 Å². The Hall–Kier alpha value is -9.46. The zero-order chi connectivity index (χ0) is 48.2. The van der Waals surface area contributed by atoms with Crippen molar-refractivity contribution in [2.45, 2.75) is 19.3 Å². The second-order valence-corrected chi connectivity index (χ2v) is 19.2. The summed E-state index contributed by atoms with van der Waals surface area (Å²) in [5, 5.41) is 4.47. The highest BCUT2D eigenvalue weighted by molar-refractivity contribution is 6.10. The molecule has 0 amide bonds. The molecule has 1 aliphatic rings. The summed E-state index contributed by atoms with van der Waals surface area (Å²) in [5.41, 5.74) is 15.5.